The van der Waals surface area contributed by atoms with E-state index in [-0.39, 0.29) is 71.3 Å². The first-order valence-corrected chi connectivity index (χ1v) is 6.24. The Balaban J connectivity index is 0. The van der Waals surface area contributed by atoms with Gasteiger partial charge in [0.1, 0.15) is 6.26 Å². The number of benzene rings is 2. The number of aromatic nitrogens is 2. The fourth-order valence-electron chi connectivity index (χ4n) is 2.38. The van der Waals surface area contributed by atoms with Crippen LogP contribution < -0.4 is 49.6 Å². The minimum absolute atomic E-state index is 0. The van der Waals surface area contributed by atoms with Crippen LogP contribution in [0.15, 0.2) is 59.3 Å². The minimum Gasteiger partial charge on any atom is -1.00 e. The summed E-state index contributed by atoms with van der Waals surface area (Å²) in [6, 6.07) is 14.7. The predicted octanol–water partition coefficient (Wildman–Crippen LogP) is -7.93. The topological polar surface area (TPSA) is 30.4 Å². The van der Waals surface area contributed by atoms with Gasteiger partial charge in [-0.2, -0.15) is 4.98 Å². The van der Waals surface area contributed by atoms with E-state index in [4.69, 9.17) is 4.42 Å². The van der Waals surface area contributed by atoms with Gasteiger partial charge in [0.15, 0.2) is 0 Å². The standard InChI is InChI=1S/C16H12N2O.4ClH.Ti/c1-11-10-19-16-17-15(9-18(11)16)14-7-6-12-4-2-3-5-13(12)8-14;;;;;/h2-10H,1H3;4*1H;/q;;;;;+4/p-4. The zero-order valence-electron chi connectivity index (χ0n) is 12.5. The molecule has 0 aliphatic rings. The maximum Gasteiger partial charge on any atom is 4.00 e. The van der Waals surface area contributed by atoms with E-state index >= 15 is 0 Å². The molecule has 3 nitrogen and oxygen atoms in total. The van der Waals surface area contributed by atoms with Crippen LogP contribution in [0.1, 0.15) is 5.69 Å². The molecule has 0 N–H and O–H groups in total. The molecular formula is C16H12Cl4N2OTi. The Morgan fingerprint density at radius 2 is 1.58 bits per heavy atom. The molecule has 0 aliphatic carbocycles. The van der Waals surface area contributed by atoms with E-state index in [1.54, 1.807) is 6.26 Å². The van der Waals surface area contributed by atoms with Crippen molar-refractivity contribution in [1.29, 1.82) is 0 Å². The van der Waals surface area contributed by atoms with E-state index < -0.39 is 0 Å². The zero-order valence-corrected chi connectivity index (χ0v) is 17.1. The van der Waals surface area contributed by atoms with Gasteiger partial charge < -0.3 is 54.0 Å². The van der Waals surface area contributed by atoms with Gasteiger partial charge in [-0.3, -0.25) is 4.40 Å². The molecule has 24 heavy (non-hydrogen) atoms. The van der Waals surface area contributed by atoms with Crippen molar-refractivity contribution in [2.24, 2.45) is 0 Å². The molecule has 2 aromatic carbocycles. The molecule has 0 amide bonds. The fourth-order valence-corrected chi connectivity index (χ4v) is 2.38. The first-order chi connectivity index (χ1) is 9.31. The van der Waals surface area contributed by atoms with E-state index in [2.05, 4.69) is 47.4 Å². The summed E-state index contributed by atoms with van der Waals surface area (Å²) in [7, 11) is 0. The molecular weight excluding hydrogens is 426 g/mol. The Kier molecular flexibility index (Phi) is 11.0. The quantitative estimate of drug-likeness (QED) is 0.277. The molecule has 4 aromatic rings. The third-order valence-electron chi connectivity index (χ3n) is 3.43. The van der Waals surface area contributed by atoms with Crippen LogP contribution in [0.2, 0.25) is 0 Å². The van der Waals surface area contributed by atoms with Gasteiger partial charge in [0.2, 0.25) is 0 Å². The summed E-state index contributed by atoms with van der Waals surface area (Å²) in [5.74, 6) is 0.639. The van der Waals surface area contributed by atoms with E-state index in [1.807, 2.05) is 17.5 Å². The summed E-state index contributed by atoms with van der Waals surface area (Å²) in [6.07, 6.45) is 3.73. The van der Waals surface area contributed by atoms with Gasteiger partial charge in [0.25, 0.3) is 0 Å². The van der Waals surface area contributed by atoms with Crippen LogP contribution in [0, 0.1) is 6.92 Å². The van der Waals surface area contributed by atoms with Crippen molar-refractivity contribution in [2.75, 3.05) is 0 Å². The van der Waals surface area contributed by atoms with Gasteiger partial charge >= 0.3 is 27.6 Å². The van der Waals surface area contributed by atoms with Crippen molar-refractivity contribution in [3.8, 4) is 11.3 Å². The van der Waals surface area contributed by atoms with Crippen LogP contribution in [-0.4, -0.2) is 9.38 Å². The monoisotopic (exact) mass is 436 g/mol. The second-order valence-corrected chi connectivity index (χ2v) is 4.72. The van der Waals surface area contributed by atoms with Crippen LogP contribution in [0.4, 0.5) is 0 Å². The summed E-state index contributed by atoms with van der Waals surface area (Å²) >= 11 is 0. The van der Waals surface area contributed by atoms with Crippen molar-refractivity contribution in [3.05, 3.63) is 60.6 Å². The molecule has 0 spiro atoms. The number of aryl methyl sites for hydroxylation is 1. The number of nitrogens with zero attached hydrogens (tertiary/aromatic N) is 2. The molecule has 2 heterocycles. The molecule has 2 aromatic heterocycles. The van der Waals surface area contributed by atoms with Crippen LogP contribution in [0.5, 0.6) is 0 Å². The van der Waals surface area contributed by atoms with Crippen LogP contribution in [-0.2, 0) is 21.7 Å². The van der Waals surface area contributed by atoms with Crippen molar-refractivity contribution < 1.29 is 75.8 Å². The second-order valence-electron chi connectivity index (χ2n) is 4.72. The second kappa shape index (κ2) is 10.3. The molecule has 0 atom stereocenters. The first kappa shape index (κ1) is 25.6. The Morgan fingerprint density at radius 3 is 2.25 bits per heavy atom. The molecule has 0 radical (unpaired) electrons. The normalized spacial score (nSPS) is 9.04. The molecule has 0 fully saturated rings. The van der Waals surface area contributed by atoms with Crippen molar-refractivity contribution in [3.63, 3.8) is 0 Å². The summed E-state index contributed by atoms with van der Waals surface area (Å²) in [5, 5.41) is 2.46. The van der Waals surface area contributed by atoms with Crippen molar-refractivity contribution >= 4 is 16.6 Å². The van der Waals surface area contributed by atoms with Gasteiger partial charge in [-0.05, 0) is 23.8 Å². The smallest absolute Gasteiger partial charge is 1.00 e. The van der Waals surface area contributed by atoms with Gasteiger partial charge in [0.05, 0.1) is 11.4 Å². The van der Waals surface area contributed by atoms with Gasteiger partial charge in [-0.15, -0.1) is 0 Å². The molecule has 0 unspecified atom stereocenters. The van der Waals surface area contributed by atoms with Crippen LogP contribution in [0.25, 0.3) is 27.9 Å². The minimum atomic E-state index is 0. The SMILES string of the molecule is Cc1coc2nc(-c3ccc4ccccc4c3)cn12.[Cl-].[Cl-].[Cl-].[Cl-].[Ti+4]. The zero-order chi connectivity index (χ0) is 12.8. The summed E-state index contributed by atoms with van der Waals surface area (Å²) in [6.45, 7) is 2.00. The largest absolute Gasteiger partial charge is 4.00 e. The van der Waals surface area contributed by atoms with E-state index in [0.717, 1.165) is 17.0 Å². The molecule has 124 valence electrons. The molecule has 0 aliphatic heterocycles. The molecule has 0 saturated carbocycles. The maximum atomic E-state index is 5.39. The fraction of sp³-hybridized carbons (Fsp3) is 0.0625. The number of oxazole rings is 1. The Bertz CT molecular complexity index is 907. The summed E-state index contributed by atoms with van der Waals surface area (Å²) in [5.41, 5.74) is 3.10. The third-order valence-corrected chi connectivity index (χ3v) is 3.43. The third kappa shape index (κ3) is 4.48. The van der Waals surface area contributed by atoms with E-state index in [0.29, 0.717) is 5.84 Å². The number of hydrogen-bond donors (Lipinski definition) is 0. The first-order valence-electron chi connectivity index (χ1n) is 6.24. The Morgan fingerprint density at radius 1 is 0.917 bits per heavy atom. The molecule has 0 bridgehead atoms. The van der Waals surface area contributed by atoms with E-state index in [9.17, 15) is 0 Å². The summed E-state index contributed by atoms with van der Waals surface area (Å²) < 4.78 is 7.35. The molecule has 4 rings (SSSR count). The number of rotatable bonds is 1. The van der Waals surface area contributed by atoms with Crippen LogP contribution >= 0.6 is 0 Å². The number of imidazole rings is 1. The average molecular weight is 438 g/mol. The van der Waals surface area contributed by atoms with Gasteiger partial charge in [0, 0.05) is 11.8 Å². The average Bonchev–Trinajstić information content (AvgIpc) is 3.01. The summed E-state index contributed by atoms with van der Waals surface area (Å²) in [4.78, 5) is 4.51. The van der Waals surface area contributed by atoms with Gasteiger partial charge in [-0.25, -0.2) is 0 Å². The van der Waals surface area contributed by atoms with Crippen molar-refractivity contribution in [1.82, 2.24) is 9.38 Å². The Labute approximate surface area is 179 Å². The van der Waals surface area contributed by atoms with Crippen molar-refractivity contribution in [2.45, 2.75) is 6.92 Å². The number of halogens is 4. The molecule has 8 heteroatoms. The molecule has 0 saturated heterocycles. The van der Waals surface area contributed by atoms with Crippen LogP contribution in [0.3, 0.4) is 0 Å². The Hall–Kier alpha value is -0.676. The van der Waals surface area contributed by atoms with E-state index in [1.165, 1.54) is 10.8 Å². The predicted molar refractivity (Wildman–Crippen MR) is 75.1 cm³/mol. The number of hydrogen-bond acceptors (Lipinski definition) is 2. The van der Waals surface area contributed by atoms with Gasteiger partial charge in [-0.1, -0.05) is 36.4 Å². The number of fused-ring (bicyclic) bond motifs is 2. The maximum absolute atomic E-state index is 5.39.